The summed E-state index contributed by atoms with van der Waals surface area (Å²) < 4.78 is 37.5. The van der Waals surface area contributed by atoms with Gasteiger partial charge in [-0.3, -0.25) is 4.79 Å². The molecule has 176 valence electrons. The summed E-state index contributed by atoms with van der Waals surface area (Å²) in [6, 6.07) is 0.729. The van der Waals surface area contributed by atoms with E-state index in [-0.39, 0.29) is 46.4 Å². The fourth-order valence-electron chi connectivity index (χ4n) is 5.61. The molecule has 4 unspecified atom stereocenters. The number of rotatable bonds is 4. The number of hydrogen-bond acceptors (Lipinski definition) is 5. The van der Waals surface area contributed by atoms with Crippen molar-refractivity contribution in [2.45, 2.75) is 38.8 Å². The largest absolute Gasteiger partial charge is 0.511 e. The van der Waals surface area contributed by atoms with Crippen LogP contribution in [0.4, 0.5) is 19.3 Å². The molecule has 0 spiro atoms. The van der Waals surface area contributed by atoms with Crippen molar-refractivity contribution in [3.05, 3.63) is 46.3 Å². The predicted molar refractivity (Wildman–Crippen MR) is 120 cm³/mol. The molecule has 7 nitrogen and oxygen atoms in total. The molecule has 0 bridgehead atoms. The first-order valence-corrected chi connectivity index (χ1v) is 11.3. The minimum atomic E-state index is -1.66. The maximum Gasteiger partial charge on any atom is 0.511 e. The Labute approximate surface area is 189 Å². The van der Waals surface area contributed by atoms with Crippen LogP contribution in [-0.4, -0.2) is 35.0 Å². The van der Waals surface area contributed by atoms with Crippen LogP contribution < -0.4 is 20.8 Å². The highest BCUT2D eigenvalue weighted by atomic mass is 19.1. The highest BCUT2D eigenvalue weighted by Gasteiger charge is 2.44. The maximum atomic E-state index is 16.0. The summed E-state index contributed by atoms with van der Waals surface area (Å²) in [6.07, 6.45) is 5.19. The van der Waals surface area contributed by atoms with E-state index in [2.05, 4.69) is 24.7 Å². The molecule has 1 saturated carbocycles. The number of benzene rings is 1. The van der Waals surface area contributed by atoms with E-state index >= 15 is 8.78 Å². The van der Waals surface area contributed by atoms with Gasteiger partial charge in [0.15, 0.2) is 11.6 Å². The van der Waals surface area contributed by atoms with Crippen molar-refractivity contribution in [1.29, 1.82) is 0 Å². The summed E-state index contributed by atoms with van der Waals surface area (Å²) in [4.78, 5) is 25.5. The second-order valence-electron chi connectivity index (χ2n) is 9.76. The lowest BCUT2D eigenvalue weighted by atomic mass is 9.71. The first-order chi connectivity index (χ1) is 15.7. The summed E-state index contributed by atoms with van der Waals surface area (Å²) in [5, 5.41) is 8.72. The van der Waals surface area contributed by atoms with Gasteiger partial charge >= 0.3 is 6.16 Å². The third kappa shape index (κ3) is 3.58. The Kier molecular flexibility index (Phi) is 5.19. The molecule has 0 radical (unpaired) electrons. The molecule has 5 rings (SSSR count). The zero-order valence-electron chi connectivity index (χ0n) is 18.5. The van der Waals surface area contributed by atoms with E-state index in [9.17, 15) is 9.59 Å². The van der Waals surface area contributed by atoms with Gasteiger partial charge in [0.2, 0.25) is 5.43 Å². The Hall–Kier alpha value is -2.94. The molecule has 1 aliphatic heterocycles. The van der Waals surface area contributed by atoms with Gasteiger partial charge in [0.25, 0.3) is 0 Å². The second-order valence-corrected chi connectivity index (χ2v) is 9.76. The SMILES string of the molecule is CC(C)C1C=CC(N)C2CN(c3c(F)cc4c(=O)c(OC(=O)O)cn(C5CC5)c4c3F)CC12. The fraction of sp³-hybridized carbons (Fsp3) is 0.500. The van der Waals surface area contributed by atoms with Gasteiger partial charge in [-0.2, -0.15) is 0 Å². The van der Waals surface area contributed by atoms with E-state index in [0.717, 1.165) is 18.9 Å². The molecule has 4 atom stereocenters. The monoisotopic (exact) mass is 459 g/mol. The van der Waals surface area contributed by atoms with Crippen LogP contribution in [0.15, 0.2) is 29.2 Å². The highest BCUT2D eigenvalue weighted by Crippen LogP contribution is 2.44. The van der Waals surface area contributed by atoms with E-state index < -0.39 is 29.0 Å². The first-order valence-electron chi connectivity index (χ1n) is 11.3. The molecular weight excluding hydrogens is 432 g/mol. The lowest BCUT2D eigenvalue weighted by molar-refractivity contribution is 0.143. The van der Waals surface area contributed by atoms with Crippen LogP contribution in [0.1, 0.15) is 32.7 Å². The minimum absolute atomic E-state index is 0.0191. The number of nitrogens with zero attached hydrogens (tertiary/aromatic N) is 2. The Morgan fingerprint density at radius 3 is 2.55 bits per heavy atom. The lowest BCUT2D eigenvalue weighted by Crippen LogP contribution is -2.40. The quantitative estimate of drug-likeness (QED) is 0.532. The molecule has 2 aromatic rings. The van der Waals surface area contributed by atoms with Crippen molar-refractivity contribution in [1.82, 2.24) is 4.57 Å². The molecule has 1 aromatic carbocycles. The number of hydrogen-bond donors (Lipinski definition) is 2. The third-order valence-corrected chi connectivity index (χ3v) is 7.33. The molecular formula is C24H27F2N3O4. The standard InChI is InChI=1S/C24H27F2N3O4/c1-11(2)13-5-6-18(27)16-9-28(8-15(13)16)22-17(25)7-14-21(20(22)26)29(12-3-4-12)10-19(23(14)30)33-24(31)32/h5-7,10-13,15-16,18H,3-4,8-9,27H2,1-2H3,(H,31,32). The van der Waals surface area contributed by atoms with E-state index in [1.54, 1.807) is 4.90 Å². The van der Waals surface area contributed by atoms with Gasteiger partial charge in [-0.1, -0.05) is 26.0 Å². The van der Waals surface area contributed by atoms with E-state index in [4.69, 9.17) is 10.8 Å². The Bertz CT molecular complexity index is 1220. The second kappa shape index (κ2) is 7.83. The Balaban J connectivity index is 1.63. The van der Waals surface area contributed by atoms with Crippen LogP contribution in [0.25, 0.3) is 10.9 Å². The van der Waals surface area contributed by atoms with E-state index in [0.29, 0.717) is 19.0 Å². The van der Waals surface area contributed by atoms with Gasteiger partial charge in [-0.15, -0.1) is 0 Å². The predicted octanol–water partition coefficient (Wildman–Crippen LogP) is 3.89. The van der Waals surface area contributed by atoms with Gasteiger partial charge < -0.3 is 25.0 Å². The van der Waals surface area contributed by atoms with E-state index in [1.807, 2.05) is 6.08 Å². The smallest absolute Gasteiger partial charge is 0.449 e. The Morgan fingerprint density at radius 1 is 1.21 bits per heavy atom. The lowest BCUT2D eigenvalue weighted by Gasteiger charge is -2.34. The highest BCUT2D eigenvalue weighted by molar-refractivity contribution is 5.86. The molecule has 3 aliphatic rings. The number of nitrogens with two attached hydrogens (primary N) is 1. The number of carbonyl (C=O) groups is 1. The molecule has 9 heteroatoms. The van der Waals surface area contributed by atoms with Gasteiger partial charge in [-0.05, 0) is 36.7 Å². The maximum absolute atomic E-state index is 16.0. The summed E-state index contributed by atoms with van der Waals surface area (Å²) in [7, 11) is 0. The van der Waals surface area contributed by atoms with Crippen molar-refractivity contribution >= 4 is 22.7 Å². The van der Waals surface area contributed by atoms with Crippen LogP contribution >= 0.6 is 0 Å². The van der Waals surface area contributed by atoms with Crippen molar-refractivity contribution in [2.75, 3.05) is 18.0 Å². The number of anilines is 1. The molecule has 1 aromatic heterocycles. The average Bonchev–Trinajstić information content (AvgIpc) is 3.49. The normalized spacial score (nSPS) is 26.8. The van der Waals surface area contributed by atoms with Gasteiger partial charge in [0.05, 0.1) is 17.1 Å². The first kappa shape index (κ1) is 21.9. The summed E-state index contributed by atoms with van der Waals surface area (Å²) >= 11 is 0. The topological polar surface area (TPSA) is 97.8 Å². The number of halogens is 2. The molecule has 2 aliphatic carbocycles. The van der Waals surface area contributed by atoms with Gasteiger partial charge in [0, 0.05) is 31.1 Å². The summed E-state index contributed by atoms with van der Waals surface area (Å²) in [6.45, 7) is 5.16. The number of carboxylic acid groups (broad SMARTS) is 1. The number of ether oxygens (including phenoxy) is 1. The summed E-state index contributed by atoms with van der Waals surface area (Å²) in [5.41, 5.74) is 5.30. The van der Waals surface area contributed by atoms with Crippen LogP contribution in [0.5, 0.6) is 5.75 Å². The minimum Gasteiger partial charge on any atom is -0.449 e. The number of pyridine rings is 1. The number of fused-ring (bicyclic) bond motifs is 2. The zero-order chi connectivity index (χ0) is 23.6. The number of allylic oxidation sites excluding steroid dienone is 1. The molecule has 2 fully saturated rings. The van der Waals surface area contributed by atoms with Gasteiger partial charge in [-0.25, -0.2) is 13.6 Å². The van der Waals surface area contributed by atoms with Crippen molar-refractivity contribution in [3.8, 4) is 5.75 Å². The van der Waals surface area contributed by atoms with Crippen LogP contribution in [-0.2, 0) is 0 Å². The molecule has 0 amide bonds. The Morgan fingerprint density at radius 2 is 1.91 bits per heavy atom. The van der Waals surface area contributed by atoms with Crippen molar-refractivity contribution < 1.29 is 23.4 Å². The third-order valence-electron chi connectivity index (χ3n) is 7.33. The van der Waals surface area contributed by atoms with Crippen molar-refractivity contribution in [3.63, 3.8) is 0 Å². The molecule has 3 N–H and O–H groups in total. The molecule has 33 heavy (non-hydrogen) atoms. The number of aromatic nitrogens is 1. The van der Waals surface area contributed by atoms with Crippen LogP contribution in [0.2, 0.25) is 0 Å². The van der Waals surface area contributed by atoms with E-state index in [1.165, 1.54) is 10.8 Å². The summed E-state index contributed by atoms with van der Waals surface area (Å²) in [5.74, 6) is -1.22. The van der Waals surface area contributed by atoms with Crippen molar-refractivity contribution in [2.24, 2.45) is 29.4 Å². The fourth-order valence-corrected chi connectivity index (χ4v) is 5.61. The van der Waals surface area contributed by atoms with Gasteiger partial charge in [0.1, 0.15) is 11.5 Å². The molecule has 2 heterocycles. The van der Waals surface area contributed by atoms with Crippen LogP contribution in [0.3, 0.4) is 0 Å². The average molecular weight is 459 g/mol. The van der Waals surface area contributed by atoms with Crippen LogP contribution in [0, 0.1) is 35.3 Å². The molecule has 1 saturated heterocycles. The zero-order valence-corrected chi connectivity index (χ0v) is 18.5.